The third-order valence-corrected chi connectivity index (χ3v) is 4.19. The number of benzene rings is 1. The van der Waals surface area contributed by atoms with Crippen LogP contribution in [0.5, 0.6) is 0 Å². The lowest BCUT2D eigenvalue weighted by Gasteiger charge is -2.38. The van der Waals surface area contributed by atoms with Crippen molar-refractivity contribution in [3.8, 4) is 0 Å². The van der Waals surface area contributed by atoms with Crippen molar-refractivity contribution < 1.29 is 9.90 Å². The van der Waals surface area contributed by atoms with Gasteiger partial charge in [-0.3, -0.25) is 0 Å². The highest BCUT2D eigenvalue weighted by Gasteiger charge is 2.23. The lowest BCUT2D eigenvalue weighted by molar-refractivity contribution is -0.131. The molecule has 0 spiro atoms. The van der Waals surface area contributed by atoms with Gasteiger partial charge in [-0.15, -0.1) is 0 Å². The van der Waals surface area contributed by atoms with Crippen LogP contribution in [0.4, 0.5) is 5.69 Å². The van der Waals surface area contributed by atoms with Crippen LogP contribution in [0.1, 0.15) is 44.6 Å². The topological polar surface area (TPSA) is 40.5 Å². The van der Waals surface area contributed by atoms with Gasteiger partial charge in [0.15, 0.2) is 0 Å². The Morgan fingerprint density at radius 3 is 3.00 bits per heavy atom. The standard InChI is InChI=1S/C17H22ClNO2/c1-2-5-15-6-3-4-11-19(15)16-12-14(18)9-7-13(16)8-10-17(20)21/h7-10,12,15H,2-6,11H2,1H3,(H,20,21)/b10-8+. The molecule has 1 aliphatic heterocycles. The first-order valence-electron chi connectivity index (χ1n) is 7.59. The SMILES string of the molecule is CCCC1CCCCN1c1cc(Cl)ccc1/C=C/C(=O)O. The summed E-state index contributed by atoms with van der Waals surface area (Å²) in [4.78, 5) is 13.2. The van der Waals surface area contributed by atoms with Gasteiger partial charge in [0.2, 0.25) is 0 Å². The van der Waals surface area contributed by atoms with E-state index in [0.717, 1.165) is 30.6 Å². The van der Waals surface area contributed by atoms with E-state index in [1.165, 1.54) is 25.3 Å². The van der Waals surface area contributed by atoms with Gasteiger partial charge in [0, 0.05) is 29.4 Å². The number of hydrogen-bond acceptors (Lipinski definition) is 2. The van der Waals surface area contributed by atoms with E-state index in [4.69, 9.17) is 16.7 Å². The second kappa shape index (κ2) is 7.51. The number of nitrogens with zero attached hydrogens (tertiary/aromatic N) is 1. The summed E-state index contributed by atoms with van der Waals surface area (Å²) in [5, 5.41) is 9.53. The maximum absolute atomic E-state index is 10.8. The molecule has 1 fully saturated rings. The lowest BCUT2D eigenvalue weighted by atomic mass is 9.96. The number of anilines is 1. The zero-order valence-corrected chi connectivity index (χ0v) is 13.1. The van der Waals surface area contributed by atoms with Crippen LogP contribution < -0.4 is 4.90 Å². The zero-order chi connectivity index (χ0) is 15.2. The molecule has 0 amide bonds. The quantitative estimate of drug-likeness (QED) is 0.808. The smallest absolute Gasteiger partial charge is 0.328 e. The minimum atomic E-state index is -0.931. The molecule has 1 unspecified atom stereocenters. The van der Waals surface area contributed by atoms with E-state index in [1.807, 2.05) is 18.2 Å². The summed E-state index contributed by atoms with van der Waals surface area (Å²) in [5.41, 5.74) is 1.97. The van der Waals surface area contributed by atoms with Gasteiger partial charge in [-0.25, -0.2) is 4.79 Å². The Hall–Kier alpha value is -1.48. The highest BCUT2D eigenvalue weighted by molar-refractivity contribution is 6.31. The number of rotatable bonds is 5. The number of carboxylic acid groups (broad SMARTS) is 1. The molecule has 0 saturated carbocycles. The Balaban J connectivity index is 2.35. The van der Waals surface area contributed by atoms with Gasteiger partial charge in [-0.2, -0.15) is 0 Å². The molecule has 1 N–H and O–H groups in total. The van der Waals surface area contributed by atoms with Crippen LogP contribution in [-0.4, -0.2) is 23.7 Å². The third-order valence-electron chi connectivity index (χ3n) is 3.96. The maximum atomic E-state index is 10.8. The number of carboxylic acids is 1. The molecule has 0 aromatic heterocycles. The van der Waals surface area contributed by atoms with Crippen LogP contribution in [0.2, 0.25) is 5.02 Å². The van der Waals surface area contributed by atoms with Gasteiger partial charge in [-0.1, -0.05) is 31.0 Å². The van der Waals surface area contributed by atoms with Gasteiger partial charge in [0.25, 0.3) is 0 Å². The monoisotopic (exact) mass is 307 g/mol. The Morgan fingerprint density at radius 1 is 1.48 bits per heavy atom. The van der Waals surface area contributed by atoms with Crippen molar-refractivity contribution in [2.75, 3.05) is 11.4 Å². The molecule has 2 rings (SSSR count). The number of halogens is 1. The van der Waals surface area contributed by atoms with Crippen molar-refractivity contribution in [1.82, 2.24) is 0 Å². The minimum absolute atomic E-state index is 0.527. The molecule has 0 bridgehead atoms. The van der Waals surface area contributed by atoms with Crippen molar-refractivity contribution in [1.29, 1.82) is 0 Å². The summed E-state index contributed by atoms with van der Waals surface area (Å²) in [6.45, 7) is 3.22. The summed E-state index contributed by atoms with van der Waals surface area (Å²) >= 11 is 6.16. The van der Waals surface area contributed by atoms with Crippen LogP contribution in [0.25, 0.3) is 6.08 Å². The number of piperidine rings is 1. The highest BCUT2D eigenvalue weighted by atomic mass is 35.5. The van der Waals surface area contributed by atoms with Crippen molar-refractivity contribution in [2.45, 2.75) is 45.1 Å². The molecule has 0 radical (unpaired) electrons. The first kappa shape index (κ1) is 15.9. The molecule has 114 valence electrons. The minimum Gasteiger partial charge on any atom is -0.478 e. The molecule has 1 aromatic rings. The van der Waals surface area contributed by atoms with E-state index in [9.17, 15) is 4.79 Å². The predicted molar refractivity (Wildman–Crippen MR) is 88.0 cm³/mol. The van der Waals surface area contributed by atoms with Gasteiger partial charge >= 0.3 is 5.97 Å². The number of hydrogen-bond donors (Lipinski definition) is 1. The number of carbonyl (C=O) groups is 1. The molecule has 1 aromatic carbocycles. The summed E-state index contributed by atoms with van der Waals surface area (Å²) in [7, 11) is 0. The van der Waals surface area contributed by atoms with Gasteiger partial charge in [0.1, 0.15) is 0 Å². The highest BCUT2D eigenvalue weighted by Crippen LogP contribution is 2.32. The molecule has 21 heavy (non-hydrogen) atoms. The van der Waals surface area contributed by atoms with Gasteiger partial charge in [-0.05, 0) is 49.5 Å². The third kappa shape index (κ3) is 4.24. The van der Waals surface area contributed by atoms with Crippen molar-refractivity contribution >= 4 is 29.3 Å². The summed E-state index contributed by atoms with van der Waals surface area (Å²) in [5.74, 6) is -0.931. The van der Waals surface area contributed by atoms with Crippen LogP contribution in [-0.2, 0) is 4.79 Å². The van der Waals surface area contributed by atoms with Crippen LogP contribution in [0, 0.1) is 0 Å². The van der Waals surface area contributed by atoms with E-state index >= 15 is 0 Å². The van der Waals surface area contributed by atoms with E-state index in [1.54, 1.807) is 6.08 Å². The Bertz CT molecular complexity index is 526. The summed E-state index contributed by atoms with van der Waals surface area (Å²) < 4.78 is 0. The molecule has 1 aliphatic rings. The van der Waals surface area contributed by atoms with Crippen LogP contribution in [0.15, 0.2) is 24.3 Å². The molecular formula is C17H22ClNO2. The zero-order valence-electron chi connectivity index (χ0n) is 12.4. The summed E-state index contributed by atoms with van der Waals surface area (Å²) in [6, 6.07) is 6.19. The molecule has 1 saturated heterocycles. The van der Waals surface area contributed by atoms with Crippen molar-refractivity contribution in [3.63, 3.8) is 0 Å². The van der Waals surface area contributed by atoms with E-state index < -0.39 is 5.97 Å². The van der Waals surface area contributed by atoms with E-state index in [2.05, 4.69) is 11.8 Å². The van der Waals surface area contributed by atoms with E-state index in [0.29, 0.717) is 11.1 Å². The molecule has 1 atom stereocenters. The molecule has 3 nitrogen and oxygen atoms in total. The second-order valence-electron chi connectivity index (χ2n) is 5.51. The van der Waals surface area contributed by atoms with Crippen molar-refractivity contribution in [2.24, 2.45) is 0 Å². The largest absolute Gasteiger partial charge is 0.478 e. The molecule has 4 heteroatoms. The Kier molecular flexibility index (Phi) is 5.68. The van der Waals surface area contributed by atoms with E-state index in [-0.39, 0.29) is 0 Å². The molecular weight excluding hydrogens is 286 g/mol. The molecule has 0 aliphatic carbocycles. The fourth-order valence-electron chi connectivity index (χ4n) is 3.02. The predicted octanol–water partition coefficient (Wildman–Crippen LogP) is 4.60. The normalized spacial score (nSPS) is 19.1. The average molecular weight is 308 g/mol. The average Bonchev–Trinajstić information content (AvgIpc) is 2.47. The first-order valence-corrected chi connectivity index (χ1v) is 7.97. The second-order valence-corrected chi connectivity index (χ2v) is 5.94. The maximum Gasteiger partial charge on any atom is 0.328 e. The number of aliphatic carboxylic acids is 1. The van der Waals surface area contributed by atoms with Crippen LogP contribution >= 0.6 is 11.6 Å². The summed E-state index contributed by atoms with van der Waals surface area (Å²) in [6.07, 6.45) is 8.80. The fraction of sp³-hybridized carbons (Fsp3) is 0.471. The fourth-order valence-corrected chi connectivity index (χ4v) is 3.18. The van der Waals surface area contributed by atoms with Gasteiger partial charge in [0.05, 0.1) is 0 Å². The van der Waals surface area contributed by atoms with Crippen LogP contribution in [0.3, 0.4) is 0 Å². The molecule has 1 heterocycles. The van der Waals surface area contributed by atoms with Crippen molar-refractivity contribution in [3.05, 3.63) is 34.9 Å². The van der Waals surface area contributed by atoms with Gasteiger partial charge < -0.3 is 10.0 Å². The lowest BCUT2D eigenvalue weighted by Crippen LogP contribution is -2.39. The Morgan fingerprint density at radius 2 is 2.29 bits per heavy atom. The first-order chi connectivity index (χ1) is 10.1. The Labute approximate surface area is 131 Å².